The number of ether oxygens (including phenoxy) is 1. The Balaban J connectivity index is 2.36. The number of carbonyl (C=O) groups excluding carboxylic acids is 1. The fourth-order valence-electron chi connectivity index (χ4n) is 2.53. The van der Waals surface area contributed by atoms with E-state index in [1.54, 1.807) is 19.9 Å². The van der Waals surface area contributed by atoms with Crippen LogP contribution >= 0.6 is 0 Å². The Morgan fingerprint density at radius 2 is 1.71 bits per heavy atom. The van der Waals surface area contributed by atoms with Gasteiger partial charge in [0.1, 0.15) is 12.4 Å². The number of aryl methyl sites for hydroxylation is 2. The van der Waals surface area contributed by atoms with Crippen molar-refractivity contribution in [1.82, 2.24) is 4.72 Å². The molecule has 1 aromatic carbocycles. The maximum atomic E-state index is 12.7. The minimum atomic E-state index is -4.01. The summed E-state index contributed by atoms with van der Waals surface area (Å²) in [5.74, 6) is -0.445. The molecule has 0 radical (unpaired) electrons. The van der Waals surface area contributed by atoms with Gasteiger partial charge in [0.25, 0.3) is 10.0 Å². The molecule has 6 nitrogen and oxygen atoms in total. The van der Waals surface area contributed by atoms with E-state index in [-0.39, 0.29) is 17.3 Å². The molecule has 1 amide bonds. The van der Waals surface area contributed by atoms with Gasteiger partial charge in [-0.05, 0) is 62.1 Å². The highest BCUT2D eigenvalue weighted by Gasteiger charge is 2.26. The average Bonchev–Trinajstić information content (AvgIpc) is 2.94. The lowest BCUT2D eigenvalue weighted by Crippen LogP contribution is -2.31. The third-order valence-electron chi connectivity index (χ3n) is 3.97. The molecule has 0 aliphatic heterocycles. The van der Waals surface area contributed by atoms with Gasteiger partial charge in [0.15, 0.2) is 5.76 Å². The summed E-state index contributed by atoms with van der Waals surface area (Å²) in [6.45, 7) is 7.34. The SMILES string of the molecule is COCc1ccc(C(=O)NS(=O)(=O)c2c(C)c(C)cc(C)c2C)o1. The van der Waals surface area contributed by atoms with E-state index >= 15 is 0 Å². The summed E-state index contributed by atoms with van der Waals surface area (Å²) in [6.07, 6.45) is 0. The highest BCUT2D eigenvalue weighted by atomic mass is 32.2. The Labute approximate surface area is 141 Å². The molecule has 2 aromatic rings. The number of rotatable bonds is 5. The van der Waals surface area contributed by atoms with E-state index in [9.17, 15) is 13.2 Å². The summed E-state index contributed by atoms with van der Waals surface area (Å²) in [5, 5.41) is 0. The van der Waals surface area contributed by atoms with Crippen LogP contribution in [0.25, 0.3) is 0 Å². The van der Waals surface area contributed by atoms with Crippen LogP contribution in [0.3, 0.4) is 0 Å². The highest BCUT2D eigenvalue weighted by Crippen LogP contribution is 2.26. The number of benzene rings is 1. The second-order valence-electron chi connectivity index (χ2n) is 5.72. The molecule has 0 spiro atoms. The first-order valence-corrected chi connectivity index (χ1v) is 8.88. The fraction of sp³-hybridized carbons (Fsp3) is 0.353. The zero-order valence-electron chi connectivity index (χ0n) is 14.4. The molecule has 0 saturated carbocycles. The predicted octanol–water partition coefficient (Wildman–Crippen LogP) is 2.78. The Bertz CT molecular complexity index is 854. The molecule has 0 unspecified atom stereocenters. The van der Waals surface area contributed by atoms with Crippen LogP contribution in [0.5, 0.6) is 0 Å². The van der Waals surface area contributed by atoms with E-state index in [1.807, 2.05) is 19.9 Å². The molecule has 1 aromatic heterocycles. The van der Waals surface area contributed by atoms with Crippen LogP contribution in [0.15, 0.2) is 27.5 Å². The standard InChI is InChI=1S/C17H21NO5S/c1-10-8-11(2)13(4)16(12(10)3)24(20,21)18-17(19)15-7-6-14(23-15)9-22-5/h6-8H,9H2,1-5H3,(H,18,19). The van der Waals surface area contributed by atoms with E-state index in [1.165, 1.54) is 13.2 Å². The van der Waals surface area contributed by atoms with Crippen molar-refractivity contribution in [3.8, 4) is 0 Å². The van der Waals surface area contributed by atoms with Crippen LogP contribution in [-0.2, 0) is 21.4 Å². The van der Waals surface area contributed by atoms with Gasteiger partial charge >= 0.3 is 5.91 Å². The zero-order valence-corrected chi connectivity index (χ0v) is 15.2. The molecule has 7 heteroatoms. The van der Waals surface area contributed by atoms with Gasteiger partial charge in [0, 0.05) is 7.11 Å². The topological polar surface area (TPSA) is 85.6 Å². The van der Waals surface area contributed by atoms with Crippen molar-refractivity contribution in [2.24, 2.45) is 0 Å². The average molecular weight is 351 g/mol. The molecule has 0 atom stereocenters. The van der Waals surface area contributed by atoms with Crippen molar-refractivity contribution in [3.05, 3.63) is 52.0 Å². The Kier molecular flexibility index (Phi) is 5.15. The molecule has 0 aliphatic rings. The van der Waals surface area contributed by atoms with Gasteiger partial charge in [-0.2, -0.15) is 0 Å². The van der Waals surface area contributed by atoms with Crippen molar-refractivity contribution in [1.29, 1.82) is 0 Å². The van der Waals surface area contributed by atoms with Crippen LogP contribution in [0.2, 0.25) is 0 Å². The molecular formula is C17H21NO5S. The predicted molar refractivity (Wildman–Crippen MR) is 89.5 cm³/mol. The molecule has 2 rings (SSSR count). The summed E-state index contributed by atoms with van der Waals surface area (Å²) in [7, 11) is -2.51. The Hall–Kier alpha value is -2.12. The van der Waals surface area contributed by atoms with E-state index in [0.717, 1.165) is 11.1 Å². The van der Waals surface area contributed by atoms with Crippen molar-refractivity contribution in [2.75, 3.05) is 7.11 Å². The van der Waals surface area contributed by atoms with Crippen LogP contribution in [0.4, 0.5) is 0 Å². The number of nitrogens with one attached hydrogen (secondary N) is 1. The van der Waals surface area contributed by atoms with Gasteiger partial charge < -0.3 is 9.15 Å². The maximum absolute atomic E-state index is 12.7. The van der Waals surface area contributed by atoms with E-state index in [0.29, 0.717) is 16.9 Å². The molecule has 0 bridgehead atoms. The van der Waals surface area contributed by atoms with Crippen LogP contribution < -0.4 is 4.72 Å². The van der Waals surface area contributed by atoms with Gasteiger partial charge in [-0.1, -0.05) is 6.07 Å². The summed E-state index contributed by atoms with van der Waals surface area (Å²) in [4.78, 5) is 12.4. The minimum Gasteiger partial charge on any atom is -0.453 e. The smallest absolute Gasteiger partial charge is 0.300 e. The molecule has 130 valence electrons. The van der Waals surface area contributed by atoms with Gasteiger partial charge in [0.2, 0.25) is 0 Å². The van der Waals surface area contributed by atoms with Crippen molar-refractivity contribution < 1.29 is 22.4 Å². The van der Waals surface area contributed by atoms with Crippen molar-refractivity contribution in [3.63, 3.8) is 0 Å². The number of methoxy groups -OCH3 is 1. The molecular weight excluding hydrogens is 330 g/mol. The lowest BCUT2D eigenvalue weighted by atomic mass is 10.0. The number of carbonyl (C=O) groups is 1. The number of hydrogen-bond acceptors (Lipinski definition) is 5. The summed E-state index contributed by atoms with van der Waals surface area (Å²) >= 11 is 0. The number of hydrogen-bond donors (Lipinski definition) is 1. The number of amides is 1. The molecule has 1 N–H and O–H groups in total. The van der Waals surface area contributed by atoms with E-state index < -0.39 is 15.9 Å². The summed E-state index contributed by atoms with van der Waals surface area (Å²) < 4.78 is 37.7. The molecule has 0 fully saturated rings. The quantitative estimate of drug-likeness (QED) is 0.895. The third-order valence-corrected chi connectivity index (χ3v) is 5.57. The van der Waals surface area contributed by atoms with Gasteiger partial charge in [-0.25, -0.2) is 13.1 Å². The Morgan fingerprint density at radius 1 is 1.12 bits per heavy atom. The normalized spacial score (nSPS) is 11.5. The first-order valence-electron chi connectivity index (χ1n) is 7.39. The highest BCUT2D eigenvalue weighted by molar-refractivity contribution is 7.90. The van der Waals surface area contributed by atoms with E-state index in [2.05, 4.69) is 4.72 Å². The lowest BCUT2D eigenvalue weighted by Gasteiger charge is -2.15. The first-order chi connectivity index (χ1) is 11.2. The first kappa shape index (κ1) is 18.2. The second kappa shape index (κ2) is 6.78. The zero-order chi connectivity index (χ0) is 18.1. The monoisotopic (exact) mass is 351 g/mol. The number of sulfonamides is 1. The minimum absolute atomic E-state index is 0.0784. The van der Waals surface area contributed by atoms with Crippen molar-refractivity contribution in [2.45, 2.75) is 39.2 Å². The number of furan rings is 1. The maximum Gasteiger partial charge on any atom is 0.300 e. The summed E-state index contributed by atoms with van der Waals surface area (Å²) in [6, 6.07) is 4.91. The molecule has 0 aliphatic carbocycles. The third kappa shape index (κ3) is 3.52. The Morgan fingerprint density at radius 3 is 2.25 bits per heavy atom. The fourth-order valence-corrected chi connectivity index (χ4v) is 4.10. The van der Waals surface area contributed by atoms with Crippen LogP contribution in [0, 0.1) is 27.7 Å². The van der Waals surface area contributed by atoms with Gasteiger partial charge in [-0.15, -0.1) is 0 Å². The van der Waals surface area contributed by atoms with Gasteiger partial charge in [-0.3, -0.25) is 4.79 Å². The largest absolute Gasteiger partial charge is 0.453 e. The molecule has 24 heavy (non-hydrogen) atoms. The van der Waals surface area contributed by atoms with Gasteiger partial charge in [0.05, 0.1) is 4.90 Å². The van der Waals surface area contributed by atoms with Crippen LogP contribution in [-0.4, -0.2) is 21.4 Å². The molecule has 1 heterocycles. The van der Waals surface area contributed by atoms with Crippen LogP contribution in [0.1, 0.15) is 38.6 Å². The van der Waals surface area contributed by atoms with E-state index in [4.69, 9.17) is 9.15 Å². The second-order valence-corrected chi connectivity index (χ2v) is 7.34. The summed E-state index contributed by atoms with van der Waals surface area (Å²) in [5.41, 5.74) is 2.95. The lowest BCUT2D eigenvalue weighted by molar-refractivity contribution is 0.0945. The molecule has 0 saturated heterocycles. The van der Waals surface area contributed by atoms with Crippen molar-refractivity contribution >= 4 is 15.9 Å².